The summed E-state index contributed by atoms with van der Waals surface area (Å²) >= 11 is 0. The van der Waals surface area contributed by atoms with Crippen LogP contribution in [-0.4, -0.2) is 14.5 Å². The Bertz CT molecular complexity index is 633. The molecule has 18 heavy (non-hydrogen) atoms. The molecule has 0 aliphatic rings. The van der Waals surface area contributed by atoms with Crippen molar-refractivity contribution in [1.82, 2.24) is 9.55 Å². The smallest absolute Gasteiger partial charge is 0.332 e. The van der Waals surface area contributed by atoms with Crippen molar-refractivity contribution < 1.29 is 4.92 Å². The number of aromatic nitrogens is 2. The summed E-state index contributed by atoms with van der Waals surface area (Å²) < 4.78 is 1.55. The highest BCUT2D eigenvalue weighted by Crippen LogP contribution is 2.07. The predicted molar refractivity (Wildman–Crippen MR) is 65.1 cm³/mol. The van der Waals surface area contributed by atoms with Crippen LogP contribution in [0, 0.1) is 10.1 Å². The van der Waals surface area contributed by atoms with E-state index in [1.807, 2.05) is 0 Å². The van der Waals surface area contributed by atoms with Crippen LogP contribution < -0.4 is 11.2 Å². The standard InChI is InChI=1S/C11H10N4O3/c12-11-2-1-8(5-13-11)6-14-4-3-10(16)9(7-14)15(17)18/h1-5,7H,6H2,(H2,12,13). The summed E-state index contributed by atoms with van der Waals surface area (Å²) in [6.45, 7) is 0.383. The topological polar surface area (TPSA) is 104 Å². The SMILES string of the molecule is Nc1ccc(Cn2ccc(=O)c([N+](=O)[O-])c2)cn1. The van der Waals surface area contributed by atoms with Gasteiger partial charge in [0.05, 0.1) is 11.1 Å². The van der Waals surface area contributed by atoms with Crippen molar-refractivity contribution in [2.75, 3.05) is 5.73 Å². The van der Waals surface area contributed by atoms with Crippen LogP contribution in [0.1, 0.15) is 5.56 Å². The highest BCUT2D eigenvalue weighted by atomic mass is 16.6. The van der Waals surface area contributed by atoms with Gasteiger partial charge < -0.3 is 10.3 Å². The van der Waals surface area contributed by atoms with Crippen LogP contribution in [0.4, 0.5) is 11.5 Å². The van der Waals surface area contributed by atoms with Gasteiger partial charge in [0.25, 0.3) is 5.43 Å². The molecule has 0 unspecified atom stereocenters. The molecule has 0 radical (unpaired) electrons. The maximum absolute atomic E-state index is 11.2. The maximum atomic E-state index is 11.2. The second kappa shape index (κ2) is 4.66. The Morgan fingerprint density at radius 2 is 2.17 bits per heavy atom. The first-order valence-corrected chi connectivity index (χ1v) is 5.11. The first kappa shape index (κ1) is 11.8. The number of anilines is 1. The van der Waals surface area contributed by atoms with Crippen molar-refractivity contribution in [3.05, 3.63) is 62.7 Å². The van der Waals surface area contributed by atoms with Crippen molar-refractivity contribution in [2.45, 2.75) is 6.54 Å². The quantitative estimate of drug-likeness (QED) is 0.636. The first-order chi connectivity index (χ1) is 8.56. The zero-order chi connectivity index (χ0) is 13.1. The molecular weight excluding hydrogens is 236 g/mol. The highest BCUT2D eigenvalue weighted by Gasteiger charge is 2.11. The summed E-state index contributed by atoms with van der Waals surface area (Å²) in [7, 11) is 0. The summed E-state index contributed by atoms with van der Waals surface area (Å²) in [6.07, 6.45) is 4.28. The maximum Gasteiger partial charge on any atom is 0.332 e. The predicted octanol–water partition coefficient (Wildman–Crippen LogP) is 0.782. The Balaban J connectivity index is 2.30. The van der Waals surface area contributed by atoms with Crippen molar-refractivity contribution in [3.63, 3.8) is 0 Å². The number of nitro groups is 1. The molecular formula is C11H10N4O3. The van der Waals surface area contributed by atoms with Gasteiger partial charge in [-0.25, -0.2) is 4.98 Å². The molecule has 0 bridgehead atoms. The van der Waals surface area contributed by atoms with Crippen molar-refractivity contribution in [3.8, 4) is 0 Å². The average Bonchev–Trinajstić information content (AvgIpc) is 2.34. The van der Waals surface area contributed by atoms with Gasteiger partial charge >= 0.3 is 5.69 Å². The number of nitrogens with zero attached hydrogens (tertiary/aromatic N) is 3. The van der Waals surface area contributed by atoms with Crippen LogP contribution in [-0.2, 0) is 6.54 Å². The molecule has 0 amide bonds. The van der Waals surface area contributed by atoms with E-state index in [2.05, 4.69) is 4.98 Å². The third-order valence-electron chi connectivity index (χ3n) is 2.37. The third-order valence-corrected chi connectivity index (χ3v) is 2.37. The zero-order valence-electron chi connectivity index (χ0n) is 9.31. The van der Waals surface area contributed by atoms with Crippen LogP contribution >= 0.6 is 0 Å². The molecule has 92 valence electrons. The van der Waals surface area contributed by atoms with Crippen LogP contribution in [0.5, 0.6) is 0 Å². The fourth-order valence-electron chi connectivity index (χ4n) is 1.49. The molecule has 0 spiro atoms. The van der Waals surface area contributed by atoms with Crippen LogP contribution in [0.3, 0.4) is 0 Å². The van der Waals surface area contributed by atoms with Gasteiger partial charge in [0.2, 0.25) is 0 Å². The van der Waals surface area contributed by atoms with E-state index in [-0.39, 0.29) is 0 Å². The van der Waals surface area contributed by atoms with E-state index in [1.54, 1.807) is 22.9 Å². The average molecular weight is 246 g/mol. The lowest BCUT2D eigenvalue weighted by molar-refractivity contribution is -0.386. The number of nitrogens with two attached hydrogens (primary N) is 1. The fourth-order valence-corrected chi connectivity index (χ4v) is 1.49. The lowest BCUT2D eigenvalue weighted by Crippen LogP contribution is -2.11. The van der Waals surface area contributed by atoms with Crippen LogP contribution in [0.25, 0.3) is 0 Å². The summed E-state index contributed by atoms with van der Waals surface area (Å²) in [5.74, 6) is 0.407. The Labute approximate surface area is 102 Å². The Hall–Kier alpha value is -2.70. The summed E-state index contributed by atoms with van der Waals surface area (Å²) in [6, 6.07) is 4.58. The van der Waals surface area contributed by atoms with Gasteiger partial charge in [0, 0.05) is 25.0 Å². The summed E-state index contributed by atoms with van der Waals surface area (Å²) in [4.78, 5) is 25.1. The van der Waals surface area contributed by atoms with Gasteiger partial charge in [-0.2, -0.15) is 0 Å². The number of pyridine rings is 2. The van der Waals surface area contributed by atoms with E-state index in [4.69, 9.17) is 5.73 Å². The molecule has 2 aromatic rings. The van der Waals surface area contributed by atoms with Crippen LogP contribution in [0.2, 0.25) is 0 Å². The molecule has 0 saturated carbocycles. The van der Waals surface area contributed by atoms with Gasteiger partial charge in [0.15, 0.2) is 0 Å². The minimum atomic E-state index is -0.694. The zero-order valence-corrected chi connectivity index (χ0v) is 9.31. The third kappa shape index (κ3) is 2.51. The largest absolute Gasteiger partial charge is 0.384 e. The lowest BCUT2D eigenvalue weighted by Gasteiger charge is -2.05. The monoisotopic (exact) mass is 246 g/mol. The van der Waals surface area contributed by atoms with E-state index >= 15 is 0 Å². The van der Waals surface area contributed by atoms with Gasteiger partial charge in [-0.05, 0) is 11.6 Å². The van der Waals surface area contributed by atoms with E-state index in [1.165, 1.54) is 18.5 Å². The molecule has 2 rings (SSSR count). The number of hydrogen-bond donors (Lipinski definition) is 1. The molecule has 7 heteroatoms. The second-order valence-corrected chi connectivity index (χ2v) is 3.72. The summed E-state index contributed by atoms with van der Waals surface area (Å²) in [5, 5.41) is 10.6. The van der Waals surface area contributed by atoms with Gasteiger partial charge in [0.1, 0.15) is 5.82 Å². The highest BCUT2D eigenvalue weighted by molar-refractivity contribution is 5.30. The van der Waals surface area contributed by atoms with Crippen molar-refractivity contribution >= 4 is 11.5 Å². The van der Waals surface area contributed by atoms with E-state index in [0.29, 0.717) is 12.4 Å². The fraction of sp³-hybridized carbons (Fsp3) is 0.0909. The molecule has 0 aliphatic heterocycles. The molecule has 0 atom stereocenters. The molecule has 2 N–H and O–H groups in total. The van der Waals surface area contributed by atoms with E-state index in [0.717, 1.165) is 5.56 Å². The lowest BCUT2D eigenvalue weighted by atomic mass is 10.2. The molecule has 2 heterocycles. The minimum Gasteiger partial charge on any atom is -0.384 e. The summed E-state index contributed by atoms with van der Waals surface area (Å²) in [5.41, 5.74) is 5.24. The molecule has 0 aromatic carbocycles. The normalized spacial score (nSPS) is 10.2. The molecule has 0 aliphatic carbocycles. The Morgan fingerprint density at radius 3 is 2.78 bits per heavy atom. The van der Waals surface area contributed by atoms with Gasteiger partial charge in [-0.3, -0.25) is 14.9 Å². The Morgan fingerprint density at radius 1 is 1.39 bits per heavy atom. The van der Waals surface area contributed by atoms with E-state index in [9.17, 15) is 14.9 Å². The number of nitrogen functional groups attached to an aromatic ring is 1. The van der Waals surface area contributed by atoms with Gasteiger partial charge in [-0.15, -0.1) is 0 Å². The minimum absolute atomic E-state index is 0.383. The van der Waals surface area contributed by atoms with Crippen molar-refractivity contribution in [2.24, 2.45) is 0 Å². The van der Waals surface area contributed by atoms with Crippen LogP contribution in [0.15, 0.2) is 41.6 Å². The molecule has 7 nitrogen and oxygen atoms in total. The van der Waals surface area contributed by atoms with Crippen molar-refractivity contribution in [1.29, 1.82) is 0 Å². The number of rotatable bonds is 3. The molecule has 2 aromatic heterocycles. The Kier molecular flexibility index (Phi) is 3.05. The van der Waals surface area contributed by atoms with E-state index < -0.39 is 16.0 Å². The number of hydrogen-bond acceptors (Lipinski definition) is 5. The first-order valence-electron chi connectivity index (χ1n) is 5.11. The molecule has 0 saturated heterocycles. The molecule has 0 fully saturated rings. The second-order valence-electron chi connectivity index (χ2n) is 3.72. The van der Waals surface area contributed by atoms with Gasteiger partial charge in [-0.1, -0.05) is 6.07 Å².